The van der Waals surface area contributed by atoms with E-state index in [1.54, 1.807) is 7.11 Å². The molecule has 0 saturated carbocycles. The monoisotopic (exact) mass is 310 g/mol. The Labute approximate surface area is 139 Å². The fraction of sp³-hybridized carbons (Fsp3) is 0.400. The highest BCUT2D eigenvalue weighted by Gasteiger charge is 2.27. The number of hydrogen-bond acceptors (Lipinski definition) is 3. The van der Waals surface area contributed by atoms with Gasteiger partial charge in [-0.1, -0.05) is 55.5 Å². The SMILES string of the molecule is COc1ccccc1CNN1CCC(C)CC1c1ccccc1. The molecule has 1 N–H and O–H groups in total. The highest BCUT2D eigenvalue weighted by atomic mass is 16.5. The molecule has 2 aromatic carbocycles. The number of nitrogens with zero attached hydrogens (tertiary/aromatic N) is 1. The van der Waals surface area contributed by atoms with E-state index in [-0.39, 0.29) is 0 Å². The molecule has 1 heterocycles. The van der Waals surface area contributed by atoms with Crippen molar-refractivity contribution in [1.29, 1.82) is 0 Å². The van der Waals surface area contributed by atoms with Crippen LogP contribution in [0, 0.1) is 5.92 Å². The standard InChI is InChI=1S/C20H26N2O/c1-16-12-13-22(19(14-16)17-8-4-3-5-9-17)21-15-18-10-6-7-11-20(18)23-2/h3-11,16,19,21H,12-15H2,1-2H3. The van der Waals surface area contributed by atoms with Crippen LogP contribution in [-0.4, -0.2) is 18.7 Å². The lowest BCUT2D eigenvalue weighted by molar-refractivity contribution is 0.0599. The quantitative estimate of drug-likeness (QED) is 0.897. The van der Waals surface area contributed by atoms with Gasteiger partial charge in [-0.15, -0.1) is 0 Å². The van der Waals surface area contributed by atoms with Gasteiger partial charge in [-0.2, -0.15) is 0 Å². The van der Waals surface area contributed by atoms with Crippen LogP contribution in [-0.2, 0) is 6.54 Å². The molecule has 122 valence electrons. The molecule has 0 spiro atoms. The lowest BCUT2D eigenvalue weighted by Crippen LogP contribution is -2.45. The van der Waals surface area contributed by atoms with E-state index in [0.717, 1.165) is 24.8 Å². The summed E-state index contributed by atoms with van der Waals surface area (Å²) in [6.07, 6.45) is 2.44. The van der Waals surface area contributed by atoms with E-state index in [1.165, 1.54) is 24.0 Å². The minimum absolute atomic E-state index is 0.439. The van der Waals surface area contributed by atoms with Crippen molar-refractivity contribution in [2.45, 2.75) is 32.4 Å². The molecule has 0 amide bonds. The van der Waals surface area contributed by atoms with E-state index in [0.29, 0.717) is 6.04 Å². The first kappa shape index (κ1) is 16.0. The summed E-state index contributed by atoms with van der Waals surface area (Å²) in [6, 6.07) is 19.5. The Morgan fingerprint density at radius 2 is 1.83 bits per heavy atom. The Morgan fingerprint density at radius 3 is 2.61 bits per heavy atom. The maximum Gasteiger partial charge on any atom is 0.123 e. The van der Waals surface area contributed by atoms with Crippen molar-refractivity contribution >= 4 is 0 Å². The Kier molecular flexibility index (Phi) is 5.31. The topological polar surface area (TPSA) is 24.5 Å². The van der Waals surface area contributed by atoms with Gasteiger partial charge in [0.05, 0.1) is 7.11 Å². The van der Waals surface area contributed by atoms with E-state index in [9.17, 15) is 0 Å². The second kappa shape index (κ2) is 7.62. The zero-order chi connectivity index (χ0) is 16.1. The maximum atomic E-state index is 5.46. The van der Waals surface area contributed by atoms with Crippen molar-refractivity contribution in [3.8, 4) is 5.75 Å². The number of rotatable bonds is 5. The molecular formula is C20H26N2O. The highest BCUT2D eigenvalue weighted by Crippen LogP contribution is 2.32. The van der Waals surface area contributed by atoms with Gasteiger partial charge < -0.3 is 4.74 Å². The average Bonchev–Trinajstić information content (AvgIpc) is 2.61. The number of hydrazine groups is 1. The molecule has 23 heavy (non-hydrogen) atoms. The van der Waals surface area contributed by atoms with Gasteiger partial charge in [0.2, 0.25) is 0 Å². The van der Waals surface area contributed by atoms with Gasteiger partial charge in [-0.3, -0.25) is 5.43 Å². The number of hydrogen-bond donors (Lipinski definition) is 1. The van der Waals surface area contributed by atoms with Crippen LogP contribution >= 0.6 is 0 Å². The van der Waals surface area contributed by atoms with Crippen LogP contribution in [0.3, 0.4) is 0 Å². The number of para-hydroxylation sites is 1. The number of methoxy groups -OCH3 is 1. The van der Waals surface area contributed by atoms with Crippen LogP contribution in [0.5, 0.6) is 5.75 Å². The van der Waals surface area contributed by atoms with Gasteiger partial charge in [0, 0.05) is 24.7 Å². The Hall–Kier alpha value is -1.84. The third-order valence-corrected chi connectivity index (χ3v) is 4.71. The van der Waals surface area contributed by atoms with Crippen LogP contribution in [0.15, 0.2) is 54.6 Å². The summed E-state index contributed by atoms with van der Waals surface area (Å²) in [5.41, 5.74) is 6.22. The lowest BCUT2D eigenvalue weighted by Gasteiger charge is -2.39. The third-order valence-electron chi connectivity index (χ3n) is 4.71. The van der Waals surface area contributed by atoms with Gasteiger partial charge in [0.25, 0.3) is 0 Å². The Bertz CT molecular complexity index is 614. The Morgan fingerprint density at radius 1 is 1.09 bits per heavy atom. The number of benzene rings is 2. The molecule has 1 fully saturated rings. The second-order valence-electron chi connectivity index (χ2n) is 6.40. The van der Waals surface area contributed by atoms with Crippen LogP contribution in [0.1, 0.15) is 36.9 Å². The van der Waals surface area contributed by atoms with Gasteiger partial charge in [0.15, 0.2) is 0 Å². The zero-order valence-corrected chi connectivity index (χ0v) is 14.0. The van der Waals surface area contributed by atoms with E-state index >= 15 is 0 Å². The third kappa shape index (κ3) is 3.92. The molecular weight excluding hydrogens is 284 g/mol. The molecule has 2 unspecified atom stereocenters. The van der Waals surface area contributed by atoms with Crippen molar-refractivity contribution in [2.24, 2.45) is 5.92 Å². The summed E-state index contributed by atoms with van der Waals surface area (Å²) in [7, 11) is 1.73. The van der Waals surface area contributed by atoms with Crippen LogP contribution in [0.4, 0.5) is 0 Å². The minimum atomic E-state index is 0.439. The van der Waals surface area contributed by atoms with Gasteiger partial charge >= 0.3 is 0 Å². The normalized spacial score (nSPS) is 22.0. The van der Waals surface area contributed by atoms with Crippen LogP contribution < -0.4 is 10.2 Å². The number of ether oxygens (including phenoxy) is 1. The largest absolute Gasteiger partial charge is 0.496 e. The van der Waals surface area contributed by atoms with Gasteiger partial charge in [-0.25, -0.2) is 5.01 Å². The van der Waals surface area contributed by atoms with E-state index < -0.39 is 0 Å². The summed E-state index contributed by atoms with van der Waals surface area (Å²) in [4.78, 5) is 0. The zero-order valence-electron chi connectivity index (χ0n) is 14.0. The van der Waals surface area contributed by atoms with Crippen molar-refractivity contribution < 1.29 is 4.74 Å². The van der Waals surface area contributed by atoms with Gasteiger partial charge in [-0.05, 0) is 30.4 Å². The molecule has 1 saturated heterocycles. The van der Waals surface area contributed by atoms with Crippen molar-refractivity contribution in [1.82, 2.24) is 10.4 Å². The number of piperidine rings is 1. The molecule has 3 nitrogen and oxygen atoms in total. The molecule has 3 heteroatoms. The lowest BCUT2D eigenvalue weighted by atomic mass is 9.89. The highest BCUT2D eigenvalue weighted by molar-refractivity contribution is 5.33. The molecule has 0 aromatic heterocycles. The Balaban J connectivity index is 1.72. The molecule has 0 radical (unpaired) electrons. The molecule has 2 aromatic rings. The molecule has 0 aliphatic carbocycles. The fourth-order valence-electron chi connectivity index (χ4n) is 3.36. The molecule has 0 bridgehead atoms. The molecule has 1 aliphatic rings. The van der Waals surface area contributed by atoms with Crippen molar-refractivity contribution in [3.05, 3.63) is 65.7 Å². The molecule has 2 atom stereocenters. The van der Waals surface area contributed by atoms with Crippen molar-refractivity contribution in [3.63, 3.8) is 0 Å². The van der Waals surface area contributed by atoms with E-state index in [1.807, 2.05) is 12.1 Å². The maximum absolute atomic E-state index is 5.46. The van der Waals surface area contributed by atoms with Gasteiger partial charge in [0.1, 0.15) is 5.75 Å². The van der Waals surface area contributed by atoms with E-state index in [4.69, 9.17) is 4.74 Å². The first-order chi connectivity index (χ1) is 11.3. The smallest absolute Gasteiger partial charge is 0.123 e. The second-order valence-corrected chi connectivity index (χ2v) is 6.40. The first-order valence-corrected chi connectivity index (χ1v) is 8.45. The average molecular weight is 310 g/mol. The summed E-state index contributed by atoms with van der Waals surface area (Å²) < 4.78 is 5.46. The summed E-state index contributed by atoms with van der Waals surface area (Å²) >= 11 is 0. The summed E-state index contributed by atoms with van der Waals surface area (Å²) in [5.74, 6) is 1.71. The molecule has 1 aliphatic heterocycles. The number of nitrogens with one attached hydrogen (secondary N) is 1. The predicted molar refractivity (Wildman–Crippen MR) is 94.1 cm³/mol. The van der Waals surface area contributed by atoms with Crippen LogP contribution in [0.2, 0.25) is 0 Å². The summed E-state index contributed by atoms with van der Waals surface area (Å²) in [5, 5.41) is 2.40. The fourth-order valence-corrected chi connectivity index (χ4v) is 3.36. The van der Waals surface area contributed by atoms with Crippen molar-refractivity contribution in [2.75, 3.05) is 13.7 Å². The van der Waals surface area contributed by atoms with Crippen LogP contribution in [0.25, 0.3) is 0 Å². The predicted octanol–water partition coefficient (Wildman–Crippen LogP) is 4.17. The summed E-state index contributed by atoms with van der Waals surface area (Å²) in [6.45, 7) is 4.23. The molecule has 3 rings (SSSR count). The first-order valence-electron chi connectivity index (χ1n) is 8.45. The minimum Gasteiger partial charge on any atom is -0.496 e. The van der Waals surface area contributed by atoms with E-state index in [2.05, 4.69) is 59.8 Å².